The molecule has 140 valence electrons. The summed E-state index contributed by atoms with van der Waals surface area (Å²) in [7, 11) is 0. The van der Waals surface area contributed by atoms with Gasteiger partial charge in [-0.2, -0.15) is 0 Å². The number of hydrogen-bond acceptors (Lipinski definition) is 3. The highest BCUT2D eigenvalue weighted by molar-refractivity contribution is 6.08. The van der Waals surface area contributed by atoms with E-state index < -0.39 is 0 Å². The predicted octanol–water partition coefficient (Wildman–Crippen LogP) is 4.31. The molecule has 4 heteroatoms. The van der Waals surface area contributed by atoms with Crippen LogP contribution in [0.5, 0.6) is 0 Å². The highest BCUT2D eigenvalue weighted by Crippen LogP contribution is 2.29. The van der Waals surface area contributed by atoms with Gasteiger partial charge in [-0.1, -0.05) is 36.4 Å². The van der Waals surface area contributed by atoms with E-state index in [-0.39, 0.29) is 5.91 Å². The normalized spacial score (nSPS) is 16.3. The van der Waals surface area contributed by atoms with Crippen LogP contribution in [0.2, 0.25) is 0 Å². The molecule has 2 aliphatic rings. The highest BCUT2D eigenvalue weighted by Gasteiger charge is 2.23. The largest absolute Gasteiger partial charge is 0.335 e. The number of aryl methyl sites for hydroxylation is 1. The zero-order valence-electron chi connectivity index (χ0n) is 15.8. The van der Waals surface area contributed by atoms with E-state index in [0.717, 1.165) is 60.3 Å². The SMILES string of the molecule is O=C(c1ccc2ccc(N3C=CCNC3)cc2c1)N1CCCc2ccccc21. The lowest BCUT2D eigenvalue weighted by Gasteiger charge is -2.29. The molecule has 0 atom stereocenters. The Morgan fingerprint density at radius 1 is 0.964 bits per heavy atom. The standard InChI is InChI=1S/C24H23N3O/c28-24(27-14-3-6-19-5-1-2-7-23(19)27)20-9-8-18-10-11-22(16-21(18)15-20)26-13-4-12-25-17-26/h1-2,4-5,7-11,13,15-16,25H,3,6,12,14,17H2. The predicted molar refractivity (Wildman–Crippen MR) is 115 cm³/mol. The third-order valence-corrected chi connectivity index (χ3v) is 5.59. The number of para-hydroxylation sites is 1. The summed E-state index contributed by atoms with van der Waals surface area (Å²) in [6, 6.07) is 20.7. The Morgan fingerprint density at radius 3 is 2.75 bits per heavy atom. The maximum Gasteiger partial charge on any atom is 0.258 e. The van der Waals surface area contributed by atoms with Crippen LogP contribution >= 0.6 is 0 Å². The van der Waals surface area contributed by atoms with Crippen molar-refractivity contribution in [3.8, 4) is 0 Å². The molecule has 0 saturated carbocycles. The second-order valence-corrected chi connectivity index (χ2v) is 7.40. The zero-order chi connectivity index (χ0) is 18.9. The fourth-order valence-electron chi connectivity index (χ4n) is 4.12. The van der Waals surface area contributed by atoms with Gasteiger partial charge in [0.05, 0.1) is 6.67 Å². The highest BCUT2D eigenvalue weighted by atomic mass is 16.2. The zero-order valence-corrected chi connectivity index (χ0v) is 15.8. The molecular weight excluding hydrogens is 346 g/mol. The van der Waals surface area contributed by atoms with Gasteiger partial charge in [0.15, 0.2) is 0 Å². The van der Waals surface area contributed by atoms with Gasteiger partial charge in [0.25, 0.3) is 5.91 Å². The first-order chi connectivity index (χ1) is 13.8. The summed E-state index contributed by atoms with van der Waals surface area (Å²) >= 11 is 0. The van der Waals surface area contributed by atoms with Gasteiger partial charge >= 0.3 is 0 Å². The Labute approximate surface area is 165 Å². The van der Waals surface area contributed by atoms with Gasteiger partial charge in [0, 0.05) is 36.2 Å². The quantitative estimate of drug-likeness (QED) is 0.731. The molecule has 0 bridgehead atoms. The molecule has 2 aliphatic heterocycles. The second kappa shape index (κ2) is 7.13. The van der Waals surface area contributed by atoms with E-state index in [4.69, 9.17) is 0 Å². The van der Waals surface area contributed by atoms with E-state index in [1.807, 2.05) is 35.2 Å². The van der Waals surface area contributed by atoms with E-state index in [1.165, 1.54) is 5.56 Å². The Morgan fingerprint density at radius 2 is 1.86 bits per heavy atom. The van der Waals surface area contributed by atoms with E-state index >= 15 is 0 Å². The molecule has 0 fully saturated rings. The van der Waals surface area contributed by atoms with Crippen molar-refractivity contribution in [2.45, 2.75) is 12.8 Å². The van der Waals surface area contributed by atoms with Crippen molar-refractivity contribution < 1.29 is 4.79 Å². The average molecular weight is 369 g/mol. The monoisotopic (exact) mass is 369 g/mol. The Hall–Kier alpha value is -3.11. The van der Waals surface area contributed by atoms with Crippen LogP contribution in [-0.2, 0) is 6.42 Å². The molecule has 0 unspecified atom stereocenters. The molecule has 0 aliphatic carbocycles. The maximum absolute atomic E-state index is 13.3. The number of benzene rings is 3. The minimum absolute atomic E-state index is 0.0824. The molecule has 0 radical (unpaired) electrons. The Kier molecular flexibility index (Phi) is 4.34. The second-order valence-electron chi connectivity index (χ2n) is 7.40. The van der Waals surface area contributed by atoms with Crippen molar-refractivity contribution in [1.82, 2.24) is 5.32 Å². The van der Waals surface area contributed by atoms with E-state index in [9.17, 15) is 4.79 Å². The van der Waals surface area contributed by atoms with Gasteiger partial charge in [0.1, 0.15) is 0 Å². The lowest BCUT2D eigenvalue weighted by atomic mass is 10.00. The average Bonchev–Trinajstić information content (AvgIpc) is 2.78. The van der Waals surface area contributed by atoms with Gasteiger partial charge < -0.3 is 9.80 Å². The number of carbonyl (C=O) groups excluding carboxylic acids is 1. The first-order valence-corrected chi connectivity index (χ1v) is 9.87. The molecule has 28 heavy (non-hydrogen) atoms. The summed E-state index contributed by atoms with van der Waals surface area (Å²) in [5.41, 5.74) is 4.18. The number of carbonyl (C=O) groups is 1. The van der Waals surface area contributed by atoms with Crippen LogP contribution in [0, 0.1) is 0 Å². The molecule has 2 heterocycles. The van der Waals surface area contributed by atoms with Crippen molar-refractivity contribution >= 4 is 28.1 Å². The number of nitrogens with zero attached hydrogens (tertiary/aromatic N) is 2. The number of rotatable bonds is 2. The molecule has 0 saturated heterocycles. The van der Waals surface area contributed by atoms with Crippen molar-refractivity contribution in [1.29, 1.82) is 0 Å². The lowest BCUT2D eigenvalue weighted by molar-refractivity contribution is 0.0985. The van der Waals surface area contributed by atoms with Gasteiger partial charge in [-0.05, 0) is 59.5 Å². The third kappa shape index (κ3) is 3.06. The first-order valence-electron chi connectivity index (χ1n) is 9.87. The van der Waals surface area contributed by atoms with E-state index in [0.29, 0.717) is 0 Å². The fourth-order valence-corrected chi connectivity index (χ4v) is 4.12. The van der Waals surface area contributed by atoms with E-state index in [2.05, 4.69) is 52.8 Å². The van der Waals surface area contributed by atoms with Crippen molar-refractivity contribution in [2.24, 2.45) is 0 Å². The minimum Gasteiger partial charge on any atom is -0.335 e. The molecule has 1 amide bonds. The molecule has 0 spiro atoms. The van der Waals surface area contributed by atoms with Crippen LogP contribution in [0.4, 0.5) is 11.4 Å². The first kappa shape index (κ1) is 17.0. The van der Waals surface area contributed by atoms with Crippen LogP contribution in [0.1, 0.15) is 22.3 Å². The minimum atomic E-state index is 0.0824. The number of hydrogen-bond donors (Lipinski definition) is 1. The maximum atomic E-state index is 13.3. The number of nitrogens with one attached hydrogen (secondary N) is 1. The van der Waals surface area contributed by atoms with Crippen LogP contribution in [0.25, 0.3) is 10.8 Å². The Bertz CT molecular complexity index is 1070. The topological polar surface area (TPSA) is 35.6 Å². The van der Waals surface area contributed by atoms with Crippen LogP contribution in [0.3, 0.4) is 0 Å². The van der Waals surface area contributed by atoms with Gasteiger partial charge in [-0.15, -0.1) is 0 Å². The Balaban J connectivity index is 1.50. The summed E-state index contributed by atoms with van der Waals surface area (Å²) in [6.07, 6.45) is 6.27. The molecule has 0 aromatic heterocycles. The van der Waals surface area contributed by atoms with Crippen LogP contribution in [-0.4, -0.2) is 25.7 Å². The third-order valence-electron chi connectivity index (χ3n) is 5.59. The van der Waals surface area contributed by atoms with Crippen molar-refractivity contribution in [3.05, 3.63) is 84.1 Å². The molecular formula is C24H23N3O. The summed E-state index contributed by atoms with van der Waals surface area (Å²) in [4.78, 5) is 17.4. The van der Waals surface area contributed by atoms with E-state index in [1.54, 1.807) is 0 Å². The molecule has 1 N–H and O–H groups in total. The van der Waals surface area contributed by atoms with Gasteiger partial charge in [-0.25, -0.2) is 0 Å². The number of amides is 1. The molecule has 5 rings (SSSR count). The summed E-state index contributed by atoms with van der Waals surface area (Å²) in [5.74, 6) is 0.0824. The molecule has 4 nitrogen and oxygen atoms in total. The smallest absolute Gasteiger partial charge is 0.258 e. The number of fused-ring (bicyclic) bond motifs is 2. The summed E-state index contributed by atoms with van der Waals surface area (Å²) in [5, 5.41) is 5.58. The van der Waals surface area contributed by atoms with Crippen molar-refractivity contribution in [2.75, 3.05) is 29.6 Å². The lowest BCUT2D eigenvalue weighted by Crippen LogP contribution is -2.35. The number of anilines is 2. The van der Waals surface area contributed by atoms with Crippen LogP contribution in [0.15, 0.2) is 72.9 Å². The van der Waals surface area contributed by atoms with Gasteiger partial charge in [0.2, 0.25) is 0 Å². The fraction of sp³-hybridized carbons (Fsp3) is 0.208. The molecule has 3 aromatic rings. The van der Waals surface area contributed by atoms with Crippen molar-refractivity contribution in [3.63, 3.8) is 0 Å². The summed E-state index contributed by atoms with van der Waals surface area (Å²) < 4.78 is 0. The molecule has 3 aromatic carbocycles. The summed E-state index contributed by atoms with van der Waals surface area (Å²) in [6.45, 7) is 2.48. The van der Waals surface area contributed by atoms with Crippen LogP contribution < -0.4 is 15.1 Å². The van der Waals surface area contributed by atoms with Gasteiger partial charge in [-0.3, -0.25) is 10.1 Å².